The van der Waals surface area contributed by atoms with Gasteiger partial charge in [-0.3, -0.25) is 9.59 Å². The zero-order valence-corrected chi connectivity index (χ0v) is 11.5. The van der Waals surface area contributed by atoms with Crippen LogP contribution in [0, 0.1) is 0 Å². The van der Waals surface area contributed by atoms with E-state index in [1.54, 1.807) is 13.0 Å². The topological polar surface area (TPSA) is 121 Å². The molecule has 0 spiro atoms. The second-order valence-electron chi connectivity index (χ2n) is 4.10. The lowest BCUT2D eigenvalue weighted by Crippen LogP contribution is -2.47. The maximum atomic E-state index is 11.4. The number of ether oxygens (including phenoxy) is 1. The maximum Gasteiger partial charge on any atom is 0.325 e. The van der Waals surface area contributed by atoms with Crippen LogP contribution in [-0.2, 0) is 16.0 Å². The fraction of sp³-hybridized carbons (Fsp3) is 0.333. The van der Waals surface area contributed by atoms with Crippen molar-refractivity contribution in [1.82, 2.24) is 0 Å². The predicted octanol–water partition coefficient (Wildman–Crippen LogP) is 0.235. The van der Waals surface area contributed by atoms with Crippen molar-refractivity contribution in [1.29, 1.82) is 0 Å². The van der Waals surface area contributed by atoms with Gasteiger partial charge < -0.3 is 21.1 Å². The fourth-order valence-corrected chi connectivity index (χ4v) is 1.54. The largest absolute Gasteiger partial charge is 0.507 e. The van der Waals surface area contributed by atoms with E-state index in [1.807, 2.05) is 0 Å². The van der Waals surface area contributed by atoms with E-state index in [2.05, 4.69) is 4.74 Å². The number of halogens is 1. The molecule has 5 N–H and O–H groups in total. The Hall–Kier alpha value is -1.63. The molecule has 1 atom stereocenters. The van der Waals surface area contributed by atoms with Crippen LogP contribution in [0.2, 0.25) is 0 Å². The number of aldehydes is 1. The van der Waals surface area contributed by atoms with Gasteiger partial charge in [0.25, 0.3) is 0 Å². The summed E-state index contributed by atoms with van der Waals surface area (Å²) in [6.45, 7) is 1.55. The number of carbonyl (C=O) groups is 2. The molecule has 0 aliphatic heterocycles. The van der Waals surface area contributed by atoms with Crippen molar-refractivity contribution in [3.63, 3.8) is 0 Å². The summed E-state index contributed by atoms with van der Waals surface area (Å²) < 4.78 is 4.58. The second kappa shape index (κ2) is 7.73. The molecule has 108 valence electrons. The first-order valence-electron chi connectivity index (χ1n) is 5.05. The first-order chi connectivity index (χ1) is 7.90. The lowest BCUT2D eigenvalue weighted by atomic mass is 9.93. The van der Waals surface area contributed by atoms with Crippen LogP contribution < -0.4 is 5.73 Å². The minimum absolute atomic E-state index is 0. The van der Waals surface area contributed by atoms with Gasteiger partial charge in [-0.1, -0.05) is 6.07 Å². The van der Waals surface area contributed by atoms with E-state index in [0.29, 0.717) is 11.8 Å². The highest BCUT2D eigenvalue weighted by Gasteiger charge is 2.29. The molecule has 0 aliphatic rings. The Kier molecular flexibility index (Phi) is 8.01. The van der Waals surface area contributed by atoms with Crippen molar-refractivity contribution >= 4 is 24.7 Å². The smallest absolute Gasteiger partial charge is 0.325 e. The SMILES string of the molecule is COC(=O)[C@@](C)(N)Cc1ccc(O)c(C=O)c1.Cl.O. The molecule has 0 saturated carbocycles. The standard InChI is InChI=1S/C12H15NO4.ClH.H2O/c1-12(13,11(16)17-2)6-8-3-4-10(15)9(5-8)7-14;;/h3-5,7,15H,6,13H2,1-2H3;1H;1H2/t12-;;/m0../s1. The van der Waals surface area contributed by atoms with E-state index in [-0.39, 0.29) is 35.6 Å². The van der Waals surface area contributed by atoms with Crippen molar-refractivity contribution in [2.24, 2.45) is 5.73 Å². The molecule has 7 heteroatoms. The number of hydrogen-bond acceptors (Lipinski definition) is 5. The molecule has 0 radical (unpaired) electrons. The lowest BCUT2D eigenvalue weighted by molar-refractivity contribution is -0.146. The Bertz CT molecular complexity index is 448. The average molecular weight is 292 g/mol. The molecule has 1 aromatic rings. The van der Waals surface area contributed by atoms with Gasteiger partial charge in [0.05, 0.1) is 12.7 Å². The fourth-order valence-electron chi connectivity index (χ4n) is 1.54. The van der Waals surface area contributed by atoms with E-state index >= 15 is 0 Å². The highest BCUT2D eigenvalue weighted by atomic mass is 35.5. The molecule has 1 rings (SSSR count). The van der Waals surface area contributed by atoms with Crippen LogP contribution in [0.25, 0.3) is 0 Å². The minimum Gasteiger partial charge on any atom is -0.507 e. The van der Waals surface area contributed by atoms with Gasteiger partial charge in [0.15, 0.2) is 6.29 Å². The van der Waals surface area contributed by atoms with Gasteiger partial charge in [0, 0.05) is 6.42 Å². The normalized spacial score (nSPS) is 12.4. The van der Waals surface area contributed by atoms with Crippen molar-refractivity contribution in [2.45, 2.75) is 18.9 Å². The first kappa shape index (κ1) is 19.7. The number of phenols is 1. The van der Waals surface area contributed by atoms with E-state index in [1.165, 1.54) is 19.2 Å². The number of esters is 1. The van der Waals surface area contributed by atoms with Crippen LogP contribution in [0.15, 0.2) is 18.2 Å². The summed E-state index contributed by atoms with van der Waals surface area (Å²) >= 11 is 0. The number of carbonyl (C=O) groups excluding carboxylic acids is 2. The van der Waals surface area contributed by atoms with Crippen molar-refractivity contribution in [2.75, 3.05) is 7.11 Å². The van der Waals surface area contributed by atoms with Crippen molar-refractivity contribution < 1.29 is 24.9 Å². The van der Waals surface area contributed by atoms with E-state index in [9.17, 15) is 14.7 Å². The van der Waals surface area contributed by atoms with E-state index in [4.69, 9.17) is 5.73 Å². The van der Waals surface area contributed by atoms with Crippen LogP contribution in [0.5, 0.6) is 5.75 Å². The molecule has 0 fully saturated rings. The number of phenolic OH excluding ortho intramolecular Hbond substituents is 1. The van der Waals surface area contributed by atoms with Gasteiger partial charge in [-0.15, -0.1) is 12.4 Å². The summed E-state index contributed by atoms with van der Waals surface area (Å²) in [5.41, 5.74) is 5.50. The number of hydrogen-bond donors (Lipinski definition) is 2. The molecule has 0 unspecified atom stereocenters. The molecule has 0 aliphatic carbocycles. The van der Waals surface area contributed by atoms with E-state index in [0.717, 1.165) is 0 Å². The molecular weight excluding hydrogens is 274 g/mol. The monoisotopic (exact) mass is 291 g/mol. The van der Waals surface area contributed by atoms with Crippen LogP contribution >= 0.6 is 12.4 Å². The molecule has 1 aromatic carbocycles. The van der Waals surface area contributed by atoms with Gasteiger partial charge in [-0.25, -0.2) is 0 Å². The Labute approximate surface area is 117 Å². The Balaban J connectivity index is 0. The Morgan fingerprint density at radius 3 is 2.58 bits per heavy atom. The van der Waals surface area contributed by atoms with Crippen LogP contribution in [0.4, 0.5) is 0 Å². The Morgan fingerprint density at radius 1 is 1.53 bits per heavy atom. The lowest BCUT2D eigenvalue weighted by Gasteiger charge is -2.21. The maximum absolute atomic E-state index is 11.4. The highest BCUT2D eigenvalue weighted by Crippen LogP contribution is 2.19. The van der Waals surface area contributed by atoms with Crippen LogP contribution in [-0.4, -0.2) is 35.5 Å². The predicted molar refractivity (Wildman–Crippen MR) is 72.7 cm³/mol. The number of aromatic hydroxyl groups is 1. The van der Waals surface area contributed by atoms with Crippen LogP contribution in [0.1, 0.15) is 22.8 Å². The van der Waals surface area contributed by atoms with Gasteiger partial charge in [0.2, 0.25) is 0 Å². The molecule has 0 saturated heterocycles. The zero-order valence-electron chi connectivity index (χ0n) is 10.7. The van der Waals surface area contributed by atoms with Gasteiger partial charge >= 0.3 is 5.97 Å². The molecular formula is C12H18ClNO5. The molecule has 0 amide bonds. The number of nitrogens with two attached hydrogens (primary N) is 1. The summed E-state index contributed by atoms with van der Waals surface area (Å²) in [4.78, 5) is 22.0. The quantitative estimate of drug-likeness (QED) is 0.608. The van der Waals surface area contributed by atoms with Gasteiger partial charge in [0.1, 0.15) is 11.3 Å². The molecule has 0 aromatic heterocycles. The van der Waals surface area contributed by atoms with Gasteiger partial charge in [-0.2, -0.15) is 0 Å². The molecule has 0 bridgehead atoms. The summed E-state index contributed by atoms with van der Waals surface area (Å²) in [7, 11) is 1.26. The first-order valence-corrected chi connectivity index (χ1v) is 5.05. The minimum atomic E-state index is -1.16. The number of methoxy groups -OCH3 is 1. The molecule has 0 heterocycles. The third kappa shape index (κ3) is 4.86. The summed E-state index contributed by atoms with van der Waals surface area (Å²) in [6.07, 6.45) is 0.769. The summed E-state index contributed by atoms with van der Waals surface area (Å²) in [6, 6.07) is 4.50. The highest BCUT2D eigenvalue weighted by molar-refractivity contribution is 5.85. The second-order valence-corrected chi connectivity index (χ2v) is 4.10. The average Bonchev–Trinajstić information content (AvgIpc) is 2.30. The third-order valence-electron chi connectivity index (χ3n) is 2.44. The van der Waals surface area contributed by atoms with Crippen molar-refractivity contribution in [3.05, 3.63) is 29.3 Å². The van der Waals surface area contributed by atoms with Crippen LogP contribution in [0.3, 0.4) is 0 Å². The Morgan fingerprint density at radius 2 is 2.11 bits per heavy atom. The molecule has 6 nitrogen and oxygen atoms in total. The summed E-state index contributed by atoms with van der Waals surface area (Å²) in [5.74, 6) is -0.626. The molecule has 19 heavy (non-hydrogen) atoms. The van der Waals surface area contributed by atoms with Crippen molar-refractivity contribution in [3.8, 4) is 5.75 Å². The zero-order chi connectivity index (χ0) is 13.1. The third-order valence-corrected chi connectivity index (χ3v) is 2.44. The van der Waals surface area contributed by atoms with Gasteiger partial charge in [-0.05, 0) is 24.6 Å². The number of benzene rings is 1. The summed E-state index contributed by atoms with van der Waals surface area (Å²) in [5, 5.41) is 9.33. The van der Waals surface area contributed by atoms with E-state index < -0.39 is 11.5 Å². The number of rotatable bonds is 4.